The minimum Gasteiger partial charge on any atom is -0.379 e. The molecule has 4 nitrogen and oxygen atoms in total. The number of carbonyl (C=O) groups is 1. The van der Waals surface area contributed by atoms with Gasteiger partial charge in [0.05, 0.1) is 12.1 Å². The second kappa shape index (κ2) is 7.09. The molecule has 0 unspecified atom stereocenters. The first-order valence-corrected chi connectivity index (χ1v) is 8.15. The maximum absolute atomic E-state index is 12.4. The molecule has 20 heavy (non-hydrogen) atoms. The van der Waals surface area contributed by atoms with Gasteiger partial charge >= 0.3 is 6.03 Å². The van der Waals surface area contributed by atoms with E-state index in [9.17, 15) is 4.79 Å². The number of piperidine rings is 1. The molecule has 0 saturated carbocycles. The van der Waals surface area contributed by atoms with Crippen molar-refractivity contribution in [3.8, 4) is 0 Å². The molecule has 0 aliphatic carbocycles. The summed E-state index contributed by atoms with van der Waals surface area (Å²) < 4.78 is 5.47. The summed E-state index contributed by atoms with van der Waals surface area (Å²) in [6.45, 7) is 5.78. The van der Waals surface area contributed by atoms with E-state index in [1.54, 1.807) is 18.4 Å². The fraction of sp³-hybridized carbons (Fsp3) is 0.667. The number of nitrogens with one attached hydrogen (secondary N) is 1. The standard InChI is InChI=1S/C15H24N2O2S/c1-4-12(14-6-5-9-20-14)16-15(18)17-8-7-11(2)13(10-17)19-3/h5-6,9,11-13H,4,7-8,10H2,1-3H3,(H,16,18)/t11-,12+,13+/m1/s1. The van der Waals surface area contributed by atoms with Gasteiger partial charge in [-0.25, -0.2) is 4.79 Å². The Morgan fingerprint density at radius 3 is 3.05 bits per heavy atom. The number of nitrogens with zero attached hydrogens (tertiary/aromatic N) is 1. The number of likely N-dealkylation sites (tertiary alicyclic amines) is 1. The predicted octanol–water partition coefficient (Wildman–Crippen LogP) is 3.27. The van der Waals surface area contributed by atoms with Crippen molar-refractivity contribution in [2.75, 3.05) is 20.2 Å². The molecule has 0 spiro atoms. The summed E-state index contributed by atoms with van der Waals surface area (Å²) in [5.41, 5.74) is 0. The van der Waals surface area contributed by atoms with Gasteiger partial charge in [0.15, 0.2) is 0 Å². The van der Waals surface area contributed by atoms with Crippen LogP contribution in [-0.2, 0) is 4.74 Å². The minimum atomic E-state index is 0.0270. The minimum absolute atomic E-state index is 0.0270. The van der Waals surface area contributed by atoms with E-state index in [0.29, 0.717) is 12.5 Å². The first-order chi connectivity index (χ1) is 9.65. The Kier molecular flexibility index (Phi) is 5.43. The second-order valence-corrected chi connectivity index (χ2v) is 6.39. The van der Waals surface area contributed by atoms with Crippen LogP contribution in [0.2, 0.25) is 0 Å². The van der Waals surface area contributed by atoms with Crippen LogP contribution in [0.1, 0.15) is 37.6 Å². The number of amides is 2. The molecule has 2 heterocycles. The quantitative estimate of drug-likeness (QED) is 0.926. The van der Waals surface area contributed by atoms with E-state index in [2.05, 4.69) is 25.2 Å². The average Bonchev–Trinajstić information content (AvgIpc) is 2.99. The summed E-state index contributed by atoms with van der Waals surface area (Å²) >= 11 is 1.69. The van der Waals surface area contributed by atoms with Crippen molar-refractivity contribution < 1.29 is 9.53 Å². The highest BCUT2D eigenvalue weighted by Crippen LogP contribution is 2.23. The first kappa shape index (κ1) is 15.3. The molecule has 1 aromatic rings. The van der Waals surface area contributed by atoms with E-state index >= 15 is 0 Å². The third kappa shape index (κ3) is 3.52. The number of carbonyl (C=O) groups excluding carboxylic acids is 1. The van der Waals surface area contributed by atoms with E-state index in [4.69, 9.17) is 4.74 Å². The Morgan fingerprint density at radius 1 is 1.65 bits per heavy atom. The van der Waals surface area contributed by atoms with Crippen molar-refractivity contribution in [2.24, 2.45) is 5.92 Å². The molecule has 1 N–H and O–H groups in total. The van der Waals surface area contributed by atoms with Crippen molar-refractivity contribution in [2.45, 2.75) is 38.8 Å². The van der Waals surface area contributed by atoms with Gasteiger partial charge in [-0.3, -0.25) is 0 Å². The van der Waals surface area contributed by atoms with Gasteiger partial charge in [-0.1, -0.05) is 19.9 Å². The molecule has 5 heteroatoms. The van der Waals surface area contributed by atoms with Crippen molar-refractivity contribution in [3.05, 3.63) is 22.4 Å². The predicted molar refractivity (Wildman–Crippen MR) is 82.0 cm³/mol. The van der Waals surface area contributed by atoms with Crippen molar-refractivity contribution in [1.82, 2.24) is 10.2 Å². The third-order valence-electron chi connectivity index (χ3n) is 4.07. The average molecular weight is 296 g/mol. The number of ether oxygens (including phenoxy) is 1. The summed E-state index contributed by atoms with van der Waals surface area (Å²) in [6, 6.07) is 4.25. The van der Waals surface area contributed by atoms with Crippen LogP contribution < -0.4 is 5.32 Å². The topological polar surface area (TPSA) is 41.6 Å². The molecule has 0 radical (unpaired) electrons. The van der Waals surface area contributed by atoms with E-state index in [0.717, 1.165) is 19.4 Å². The van der Waals surface area contributed by atoms with Crippen LogP contribution in [0.4, 0.5) is 4.79 Å². The summed E-state index contributed by atoms with van der Waals surface area (Å²) in [4.78, 5) is 15.5. The molecule has 112 valence electrons. The highest BCUT2D eigenvalue weighted by molar-refractivity contribution is 7.10. The molecule has 1 aliphatic heterocycles. The van der Waals surface area contributed by atoms with Crippen LogP contribution in [0.3, 0.4) is 0 Å². The maximum atomic E-state index is 12.4. The summed E-state index contributed by atoms with van der Waals surface area (Å²) in [6.07, 6.45) is 2.06. The maximum Gasteiger partial charge on any atom is 0.317 e. The van der Waals surface area contributed by atoms with Gasteiger partial charge in [0.1, 0.15) is 0 Å². The zero-order valence-electron chi connectivity index (χ0n) is 12.5. The monoisotopic (exact) mass is 296 g/mol. The lowest BCUT2D eigenvalue weighted by Gasteiger charge is -2.36. The molecule has 0 bridgehead atoms. The third-order valence-corrected chi connectivity index (χ3v) is 5.06. The van der Waals surface area contributed by atoms with Crippen molar-refractivity contribution in [3.63, 3.8) is 0 Å². The molecule has 3 atom stereocenters. The Labute approximate surface area is 125 Å². The lowest BCUT2D eigenvalue weighted by atomic mass is 9.96. The summed E-state index contributed by atoms with van der Waals surface area (Å²) in [5, 5.41) is 5.19. The van der Waals surface area contributed by atoms with Crippen LogP contribution in [-0.4, -0.2) is 37.2 Å². The molecule has 2 rings (SSSR count). The van der Waals surface area contributed by atoms with Crippen LogP contribution in [0.25, 0.3) is 0 Å². The Morgan fingerprint density at radius 2 is 2.45 bits per heavy atom. The molecule has 1 aromatic heterocycles. The summed E-state index contributed by atoms with van der Waals surface area (Å²) in [7, 11) is 1.73. The molecular weight excluding hydrogens is 272 g/mol. The second-order valence-electron chi connectivity index (χ2n) is 5.41. The van der Waals surface area contributed by atoms with Gasteiger partial charge in [0.2, 0.25) is 0 Å². The van der Waals surface area contributed by atoms with Crippen molar-refractivity contribution in [1.29, 1.82) is 0 Å². The fourth-order valence-corrected chi connectivity index (χ4v) is 3.49. The molecule has 2 amide bonds. The van der Waals surface area contributed by atoms with Gasteiger partial charge in [0.25, 0.3) is 0 Å². The van der Waals surface area contributed by atoms with Crippen LogP contribution in [0.15, 0.2) is 17.5 Å². The lowest BCUT2D eigenvalue weighted by molar-refractivity contribution is 0.00682. The highest BCUT2D eigenvalue weighted by Gasteiger charge is 2.29. The largest absolute Gasteiger partial charge is 0.379 e. The number of hydrogen-bond acceptors (Lipinski definition) is 3. The Bertz CT molecular complexity index is 422. The molecule has 1 saturated heterocycles. The zero-order valence-corrected chi connectivity index (χ0v) is 13.3. The van der Waals surface area contributed by atoms with Crippen LogP contribution in [0, 0.1) is 5.92 Å². The van der Waals surface area contributed by atoms with Gasteiger partial charge < -0.3 is 15.0 Å². The molecule has 0 aromatic carbocycles. The van der Waals surface area contributed by atoms with Gasteiger partial charge in [0, 0.05) is 25.1 Å². The Balaban J connectivity index is 1.94. The number of hydrogen-bond donors (Lipinski definition) is 1. The van der Waals surface area contributed by atoms with E-state index in [1.807, 2.05) is 16.3 Å². The zero-order chi connectivity index (χ0) is 14.5. The molecular formula is C15H24N2O2S. The number of thiophene rings is 1. The SMILES string of the molecule is CC[C@H](NC(=O)N1CC[C@@H](C)[C@@H](OC)C1)c1cccs1. The van der Waals surface area contributed by atoms with Gasteiger partial charge in [-0.15, -0.1) is 11.3 Å². The Hall–Kier alpha value is -1.07. The molecule has 1 fully saturated rings. The fourth-order valence-electron chi connectivity index (χ4n) is 2.63. The number of urea groups is 1. The number of methoxy groups -OCH3 is 1. The number of rotatable bonds is 4. The van der Waals surface area contributed by atoms with E-state index in [1.165, 1.54) is 4.88 Å². The van der Waals surface area contributed by atoms with Crippen molar-refractivity contribution >= 4 is 17.4 Å². The van der Waals surface area contributed by atoms with E-state index in [-0.39, 0.29) is 18.2 Å². The van der Waals surface area contributed by atoms with Gasteiger partial charge in [-0.2, -0.15) is 0 Å². The summed E-state index contributed by atoms with van der Waals surface area (Å²) in [5.74, 6) is 0.517. The normalized spacial score (nSPS) is 24.4. The first-order valence-electron chi connectivity index (χ1n) is 7.27. The molecule has 1 aliphatic rings. The van der Waals surface area contributed by atoms with Gasteiger partial charge in [-0.05, 0) is 30.2 Å². The van der Waals surface area contributed by atoms with Crippen LogP contribution >= 0.6 is 11.3 Å². The van der Waals surface area contributed by atoms with Crippen LogP contribution in [0.5, 0.6) is 0 Å². The smallest absolute Gasteiger partial charge is 0.317 e. The highest BCUT2D eigenvalue weighted by atomic mass is 32.1. The lowest BCUT2D eigenvalue weighted by Crippen LogP contribution is -2.50. The van der Waals surface area contributed by atoms with E-state index < -0.39 is 0 Å².